The van der Waals surface area contributed by atoms with E-state index in [1.54, 1.807) is 18.3 Å². The quantitative estimate of drug-likeness (QED) is 0.605. The van der Waals surface area contributed by atoms with Gasteiger partial charge in [0.25, 0.3) is 0 Å². The average Bonchev–Trinajstić information content (AvgIpc) is 2.04. The predicted molar refractivity (Wildman–Crippen MR) is 49.2 cm³/mol. The van der Waals surface area contributed by atoms with Crippen LogP contribution < -0.4 is 0 Å². The Labute approximate surface area is 92.5 Å². The molecular formula is C9H7NNaO. The van der Waals surface area contributed by atoms with Crippen LogP contribution in [0, 0.1) is 0 Å². The van der Waals surface area contributed by atoms with Gasteiger partial charge in [-0.1, -0.05) is 6.07 Å². The molecule has 0 bridgehead atoms. The first kappa shape index (κ1) is 9.52. The fourth-order valence-electron chi connectivity index (χ4n) is 1.05. The fraction of sp³-hybridized carbons (Fsp3) is 0. The Morgan fingerprint density at radius 1 is 1.17 bits per heavy atom. The van der Waals surface area contributed by atoms with Crippen molar-refractivity contribution in [2.24, 2.45) is 0 Å². The van der Waals surface area contributed by atoms with Crippen molar-refractivity contribution in [3.8, 4) is 5.75 Å². The monoisotopic (exact) mass is 168 g/mol. The zero-order chi connectivity index (χ0) is 7.68. The van der Waals surface area contributed by atoms with Crippen molar-refractivity contribution in [3.05, 3.63) is 36.5 Å². The molecule has 0 aliphatic carbocycles. The van der Waals surface area contributed by atoms with Gasteiger partial charge in [-0.3, -0.25) is 4.98 Å². The minimum Gasteiger partial charge on any atom is -0.508 e. The second-order valence-electron chi connectivity index (χ2n) is 2.38. The van der Waals surface area contributed by atoms with Gasteiger partial charge in [-0.2, -0.15) is 0 Å². The zero-order valence-corrected chi connectivity index (χ0v) is 8.86. The van der Waals surface area contributed by atoms with Crippen molar-refractivity contribution < 1.29 is 5.11 Å². The summed E-state index contributed by atoms with van der Waals surface area (Å²) in [5.74, 6) is 0.260. The van der Waals surface area contributed by atoms with Crippen molar-refractivity contribution in [1.29, 1.82) is 0 Å². The summed E-state index contributed by atoms with van der Waals surface area (Å²) >= 11 is 0. The number of nitrogens with zero attached hydrogens (tertiary/aromatic N) is 1. The van der Waals surface area contributed by atoms with Crippen molar-refractivity contribution in [1.82, 2.24) is 4.98 Å². The van der Waals surface area contributed by atoms with Gasteiger partial charge in [-0.15, -0.1) is 0 Å². The van der Waals surface area contributed by atoms with E-state index in [0.29, 0.717) is 0 Å². The summed E-state index contributed by atoms with van der Waals surface area (Å²) in [6, 6.07) is 8.98. The molecule has 1 aromatic heterocycles. The Balaban J connectivity index is 0.000000720. The molecule has 1 radical (unpaired) electrons. The first-order chi connectivity index (χ1) is 5.36. The summed E-state index contributed by atoms with van der Waals surface area (Å²) in [5, 5.41) is 10.1. The molecule has 1 aromatic carbocycles. The molecular weight excluding hydrogens is 161 g/mol. The van der Waals surface area contributed by atoms with Crippen LogP contribution in [0.15, 0.2) is 36.5 Å². The van der Waals surface area contributed by atoms with Gasteiger partial charge in [-0.05, 0) is 18.2 Å². The molecule has 0 spiro atoms. The van der Waals surface area contributed by atoms with Gasteiger partial charge >= 0.3 is 0 Å². The molecule has 0 aliphatic rings. The van der Waals surface area contributed by atoms with Crippen molar-refractivity contribution in [2.75, 3.05) is 0 Å². The van der Waals surface area contributed by atoms with E-state index in [1.807, 2.05) is 18.2 Å². The number of phenolic OH excluding ortho intramolecular Hbond substituents is 1. The molecule has 1 heterocycles. The van der Waals surface area contributed by atoms with E-state index in [4.69, 9.17) is 5.11 Å². The van der Waals surface area contributed by atoms with Gasteiger partial charge in [-0.25, -0.2) is 0 Å². The summed E-state index contributed by atoms with van der Waals surface area (Å²) in [7, 11) is 0. The minimum absolute atomic E-state index is 0. The van der Waals surface area contributed by atoms with Crippen LogP contribution in [0.2, 0.25) is 0 Å². The van der Waals surface area contributed by atoms with E-state index >= 15 is 0 Å². The van der Waals surface area contributed by atoms with Gasteiger partial charge in [0.05, 0.1) is 5.52 Å². The number of aromatic hydroxyl groups is 1. The summed E-state index contributed by atoms with van der Waals surface area (Å²) in [5.41, 5.74) is 0.826. The molecule has 0 atom stereocenters. The number of rotatable bonds is 0. The van der Waals surface area contributed by atoms with E-state index in [2.05, 4.69) is 4.98 Å². The topological polar surface area (TPSA) is 33.1 Å². The first-order valence-corrected chi connectivity index (χ1v) is 3.40. The smallest absolute Gasteiger partial charge is 0.117 e. The molecule has 2 nitrogen and oxygen atoms in total. The SMILES string of the molecule is Oc1ccc2cccnc2c1.[Na]. The maximum atomic E-state index is 9.09. The van der Waals surface area contributed by atoms with Crippen LogP contribution >= 0.6 is 0 Å². The van der Waals surface area contributed by atoms with E-state index in [1.165, 1.54) is 0 Å². The van der Waals surface area contributed by atoms with Gasteiger partial charge in [0.2, 0.25) is 0 Å². The molecule has 55 valence electrons. The third-order valence-electron chi connectivity index (χ3n) is 1.59. The molecule has 2 rings (SSSR count). The van der Waals surface area contributed by atoms with E-state index < -0.39 is 0 Å². The summed E-state index contributed by atoms with van der Waals surface area (Å²) in [6.45, 7) is 0. The Hall–Kier alpha value is -0.570. The van der Waals surface area contributed by atoms with Crippen LogP contribution in [0.1, 0.15) is 0 Å². The molecule has 3 heteroatoms. The van der Waals surface area contributed by atoms with E-state index in [-0.39, 0.29) is 35.3 Å². The third kappa shape index (κ3) is 1.78. The van der Waals surface area contributed by atoms with Crippen LogP contribution in [0.25, 0.3) is 10.9 Å². The molecule has 0 aliphatic heterocycles. The average molecular weight is 168 g/mol. The van der Waals surface area contributed by atoms with Crippen LogP contribution in [-0.4, -0.2) is 39.6 Å². The third-order valence-corrected chi connectivity index (χ3v) is 1.59. The molecule has 0 unspecified atom stereocenters. The molecule has 0 fully saturated rings. The van der Waals surface area contributed by atoms with E-state index in [9.17, 15) is 0 Å². The van der Waals surface area contributed by atoms with E-state index in [0.717, 1.165) is 10.9 Å². The number of phenols is 1. The minimum atomic E-state index is 0. The van der Waals surface area contributed by atoms with Crippen molar-refractivity contribution in [3.63, 3.8) is 0 Å². The first-order valence-electron chi connectivity index (χ1n) is 3.40. The molecule has 1 N–H and O–H groups in total. The Morgan fingerprint density at radius 3 is 2.83 bits per heavy atom. The maximum absolute atomic E-state index is 9.09. The molecule has 0 amide bonds. The van der Waals surface area contributed by atoms with Crippen LogP contribution in [0.3, 0.4) is 0 Å². The largest absolute Gasteiger partial charge is 0.508 e. The second kappa shape index (κ2) is 3.90. The van der Waals surface area contributed by atoms with Gasteiger partial charge in [0.1, 0.15) is 5.75 Å². The Morgan fingerprint density at radius 2 is 2.00 bits per heavy atom. The molecule has 0 saturated heterocycles. The molecule has 0 saturated carbocycles. The number of pyridine rings is 1. The number of aromatic nitrogens is 1. The van der Waals surface area contributed by atoms with Gasteiger partial charge in [0, 0.05) is 47.2 Å². The number of hydrogen-bond acceptors (Lipinski definition) is 2. The van der Waals surface area contributed by atoms with Crippen LogP contribution in [0.4, 0.5) is 0 Å². The summed E-state index contributed by atoms with van der Waals surface area (Å²) < 4.78 is 0. The number of fused-ring (bicyclic) bond motifs is 1. The van der Waals surface area contributed by atoms with Crippen molar-refractivity contribution >= 4 is 40.5 Å². The molecule has 12 heavy (non-hydrogen) atoms. The fourth-order valence-corrected chi connectivity index (χ4v) is 1.05. The predicted octanol–water partition coefficient (Wildman–Crippen LogP) is 1.56. The maximum Gasteiger partial charge on any atom is 0.117 e. The Bertz CT molecular complexity index is 389. The summed E-state index contributed by atoms with van der Waals surface area (Å²) in [6.07, 6.45) is 1.71. The summed E-state index contributed by atoms with van der Waals surface area (Å²) in [4.78, 5) is 4.08. The van der Waals surface area contributed by atoms with Crippen molar-refractivity contribution in [2.45, 2.75) is 0 Å². The van der Waals surface area contributed by atoms with Gasteiger partial charge < -0.3 is 5.11 Å². The number of hydrogen-bond donors (Lipinski definition) is 1. The molecule has 2 aromatic rings. The van der Waals surface area contributed by atoms with Gasteiger partial charge in [0.15, 0.2) is 0 Å². The number of benzene rings is 1. The normalized spacial score (nSPS) is 9.33. The zero-order valence-electron chi connectivity index (χ0n) is 6.86. The standard InChI is InChI=1S/C9H7NO.Na/c11-8-4-3-7-2-1-5-10-9(7)6-8;/h1-6,11H;. The van der Waals surface area contributed by atoms with Crippen LogP contribution in [0.5, 0.6) is 5.75 Å². The Kier molecular flexibility index (Phi) is 3.09. The second-order valence-corrected chi connectivity index (χ2v) is 2.38. The van der Waals surface area contributed by atoms with Crippen LogP contribution in [-0.2, 0) is 0 Å².